The van der Waals surface area contributed by atoms with Crippen LogP contribution >= 0.6 is 0 Å². The van der Waals surface area contributed by atoms with Crippen LogP contribution in [0, 0.1) is 0 Å². The van der Waals surface area contributed by atoms with E-state index in [0.717, 1.165) is 20.8 Å². The van der Waals surface area contributed by atoms with Crippen molar-refractivity contribution in [3.8, 4) is 0 Å². The first-order valence-corrected chi connectivity index (χ1v) is 7.21. The van der Waals surface area contributed by atoms with Crippen molar-refractivity contribution >= 4 is 11.9 Å². The van der Waals surface area contributed by atoms with Gasteiger partial charge in [0, 0.05) is 25.7 Å². The summed E-state index contributed by atoms with van der Waals surface area (Å²) >= 11 is 0. The number of nitrogens with zero attached hydrogens (tertiary/aromatic N) is 2. The minimum absolute atomic E-state index is 0.129. The number of carboxylic acid groups (broad SMARTS) is 1. The van der Waals surface area contributed by atoms with Gasteiger partial charge in [-0.3, -0.25) is 18.7 Å². The molecule has 1 atom stereocenters. The molecule has 0 unspecified atom stereocenters. The number of carbonyl (C=O) groups is 2. The normalized spacial score (nSPS) is 11.7. The topological polar surface area (TPSA) is 110 Å². The number of benzene rings is 1. The minimum atomic E-state index is -1.17. The van der Waals surface area contributed by atoms with E-state index in [9.17, 15) is 24.3 Å². The van der Waals surface area contributed by atoms with Crippen molar-refractivity contribution in [2.75, 3.05) is 0 Å². The zero-order valence-corrected chi connectivity index (χ0v) is 13.0. The van der Waals surface area contributed by atoms with E-state index in [1.54, 1.807) is 24.3 Å². The highest BCUT2D eigenvalue weighted by molar-refractivity contribution is 5.83. The third kappa shape index (κ3) is 4.19. The van der Waals surface area contributed by atoms with Gasteiger partial charge >= 0.3 is 11.7 Å². The Kier molecular flexibility index (Phi) is 5.31. The van der Waals surface area contributed by atoms with Crippen LogP contribution < -0.4 is 16.6 Å². The molecule has 126 valence electrons. The molecule has 0 radical (unpaired) electrons. The average molecular weight is 331 g/mol. The largest absolute Gasteiger partial charge is 0.480 e. The fraction of sp³-hybridized carbons (Fsp3) is 0.250. The van der Waals surface area contributed by atoms with Gasteiger partial charge in [-0.2, -0.15) is 0 Å². The highest BCUT2D eigenvalue weighted by Crippen LogP contribution is 2.03. The smallest absolute Gasteiger partial charge is 0.331 e. The van der Waals surface area contributed by atoms with Gasteiger partial charge in [-0.1, -0.05) is 30.3 Å². The second kappa shape index (κ2) is 7.40. The monoisotopic (exact) mass is 331 g/mol. The van der Waals surface area contributed by atoms with E-state index in [-0.39, 0.29) is 13.0 Å². The molecule has 0 saturated heterocycles. The van der Waals surface area contributed by atoms with Gasteiger partial charge in [0.15, 0.2) is 0 Å². The number of aliphatic carboxylic acids is 1. The first kappa shape index (κ1) is 17.2. The van der Waals surface area contributed by atoms with Crippen LogP contribution in [0.25, 0.3) is 0 Å². The average Bonchev–Trinajstić information content (AvgIpc) is 2.56. The lowest BCUT2D eigenvalue weighted by Crippen LogP contribution is -2.46. The standard InChI is InChI=1S/C16H17N3O5/c1-18-14(21)7-8-19(16(18)24)10-13(20)17-12(15(22)23)9-11-5-3-2-4-6-11/h2-8,12H,9-10H2,1H3,(H,17,20)(H,22,23)/t12-/m0/s1. The quantitative estimate of drug-likeness (QED) is 0.731. The molecule has 0 saturated carbocycles. The number of amides is 1. The van der Waals surface area contributed by atoms with Gasteiger partial charge in [0.2, 0.25) is 5.91 Å². The maximum Gasteiger partial charge on any atom is 0.331 e. The van der Waals surface area contributed by atoms with Gasteiger partial charge in [0.25, 0.3) is 5.56 Å². The molecule has 2 aromatic rings. The van der Waals surface area contributed by atoms with Crippen LogP contribution in [0.2, 0.25) is 0 Å². The minimum Gasteiger partial charge on any atom is -0.480 e. The summed E-state index contributed by atoms with van der Waals surface area (Å²) in [5.41, 5.74) is -0.360. The van der Waals surface area contributed by atoms with Gasteiger partial charge in [-0.05, 0) is 5.56 Å². The Morgan fingerprint density at radius 3 is 2.46 bits per heavy atom. The summed E-state index contributed by atoms with van der Waals surface area (Å²) < 4.78 is 1.91. The molecule has 1 aromatic carbocycles. The third-order valence-corrected chi connectivity index (χ3v) is 3.49. The van der Waals surface area contributed by atoms with Crippen molar-refractivity contribution < 1.29 is 14.7 Å². The summed E-state index contributed by atoms with van der Waals surface area (Å²) in [6.45, 7) is -0.370. The fourth-order valence-electron chi connectivity index (χ4n) is 2.18. The molecule has 1 amide bonds. The molecule has 0 bridgehead atoms. The Bertz CT molecular complexity index is 854. The number of hydrogen-bond acceptors (Lipinski definition) is 4. The summed E-state index contributed by atoms with van der Waals surface area (Å²) in [6.07, 6.45) is 1.33. The molecule has 0 aliphatic heterocycles. The van der Waals surface area contributed by atoms with E-state index in [4.69, 9.17) is 0 Å². The van der Waals surface area contributed by atoms with Gasteiger partial charge in [0.05, 0.1) is 0 Å². The van der Waals surface area contributed by atoms with E-state index >= 15 is 0 Å². The zero-order chi connectivity index (χ0) is 17.7. The van der Waals surface area contributed by atoms with Gasteiger partial charge in [0.1, 0.15) is 12.6 Å². The Labute approximate surface area is 137 Å². The lowest BCUT2D eigenvalue weighted by atomic mass is 10.1. The van der Waals surface area contributed by atoms with Gasteiger partial charge in [-0.15, -0.1) is 0 Å². The Morgan fingerprint density at radius 2 is 1.83 bits per heavy atom. The van der Waals surface area contributed by atoms with Crippen molar-refractivity contribution in [3.05, 3.63) is 69.0 Å². The molecule has 1 aromatic heterocycles. The summed E-state index contributed by atoms with van der Waals surface area (Å²) in [5.74, 6) is -1.79. The summed E-state index contributed by atoms with van der Waals surface area (Å²) in [4.78, 5) is 46.6. The van der Waals surface area contributed by atoms with E-state index in [2.05, 4.69) is 5.32 Å². The molecular formula is C16H17N3O5. The van der Waals surface area contributed by atoms with Crippen molar-refractivity contribution in [1.29, 1.82) is 0 Å². The maximum atomic E-state index is 12.0. The SMILES string of the molecule is Cn1c(=O)ccn(CC(=O)N[C@@H](Cc2ccccc2)C(=O)O)c1=O. The van der Waals surface area contributed by atoms with Crippen LogP contribution in [0.15, 0.2) is 52.2 Å². The molecule has 8 heteroatoms. The highest BCUT2D eigenvalue weighted by atomic mass is 16.4. The number of rotatable bonds is 6. The number of carboxylic acids is 1. The van der Waals surface area contributed by atoms with E-state index in [1.165, 1.54) is 13.2 Å². The van der Waals surface area contributed by atoms with Crippen molar-refractivity contribution in [1.82, 2.24) is 14.5 Å². The molecule has 8 nitrogen and oxygen atoms in total. The lowest BCUT2D eigenvalue weighted by molar-refractivity contribution is -0.141. The van der Waals surface area contributed by atoms with Crippen molar-refractivity contribution in [2.45, 2.75) is 19.0 Å². The molecule has 0 spiro atoms. The Morgan fingerprint density at radius 1 is 1.17 bits per heavy atom. The van der Waals surface area contributed by atoms with Crippen LogP contribution in [0.3, 0.4) is 0 Å². The number of carbonyl (C=O) groups excluding carboxylic acids is 1. The summed E-state index contributed by atoms with van der Waals surface area (Å²) in [7, 11) is 1.30. The summed E-state index contributed by atoms with van der Waals surface area (Å²) in [6, 6.07) is 8.94. The highest BCUT2D eigenvalue weighted by Gasteiger charge is 2.20. The maximum absolute atomic E-state index is 12.0. The summed E-state index contributed by atoms with van der Waals surface area (Å²) in [5, 5.41) is 11.6. The van der Waals surface area contributed by atoms with E-state index < -0.39 is 29.2 Å². The fourth-order valence-corrected chi connectivity index (χ4v) is 2.18. The number of hydrogen-bond donors (Lipinski definition) is 2. The lowest BCUT2D eigenvalue weighted by Gasteiger charge is -2.15. The molecule has 2 N–H and O–H groups in total. The Hall–Kier alpha value is -3.16. The van der Waals surface area contributed by atoms with Crippen LogP contribution in [0.1, 0.15) is 5.56 Å². The van der Waals surface area contributed by atoms with E-state index in [1.807, 2.05) is 6.07 Å². The van der Waals surface area contributed by atoms with Crippen LogP contribution in [-0.4, -0.2) is 32.2 Å². The number of nitrogens with one attached hydrogen (secondary N) is 1. The Balaban J connectivity index is 2.09. The van der Waals surface area contributed by atoms with Crippen molar-refractivity contribution in [3.63, 3.8) is 0 Å². The molecule has 0 fully saturated rings. The first-order valence-electron chi connectivity index (χ1n) is 7.21. The molecular weight excluding hydrogens is 314 g/mol. The molecule has 1 heterocycles. The second-order valence-electron chi connectivity index (χ2n) is 5.27. The first-order chi connectivity index (χ1) is 11.4. The van der Waals surface area contributed by atoms with Gasteiger partial charge in [-0.25, -0.2) is 9.59 Å². The predicted molar refractivity (Wildman–Crippen MR) is 85.7 cm³/mol. The zero-order valence-electron chi connectivity index (χ0n) is 13.0. The van der Waals surface area contributed by atoms with Crippen LogP contribution in [0.4, 0.5) is 0 Å². The van der Waals surface area contributed by atoms with Crippen LogP contribution in [0.5, 0.6) is 0 Å². The second-order valence-corrected chi connectivity index (χ2v) is 5.27. The van der Waals surface area contributed by atoms with Crippen LogP contribution in [-0.2, 0) is 29.6 Å². The molecule has 0 aliphatic rings. The third-order valence-electron chi connectivity index (χ3n) is 3.49. The van der Waals surface area contributed by atoms with Crippen molar-refractivity contribution in [2.24, 2.45) is 7.05 Å². The van der Waals surface area contributed by atoms with Gasteiger partial charge < -0.3 is 10.4 Å². The predicted octanol–water partition coefficient (Wildman–Crippen LogP) is -0.641. The molecule has 24 heavy (non-hydrogen) atoms. The number of aromatic nitrogens is 2. The van der Waals surface area contributed by atoms with E-state index in [0.29, 0.717) is 0 Å². The molecule has 0 aliphatic carbocycles. The molecule has 2 rings (SSSR count).